The third-order valence-electron chi connectivity index (χ3n) is 1.23. The maximum atomic E-state index is 10.1. The molecule has 0 spiro atoms. The summed E-state index contributed by atoms with van der Waals surface area (Å²) in [5, 5.41) is 0. The first kappa shape index (κ1) is 7.50. The minimum absolute atomic E-state index is 0.760. The summed E-state index contributed by atoms with van der Waals surface area (Å²) < 4.78 is 22.5. The molecule has 1 rings (SSSR count). The van der Waals surface area contributed by atoms with Crippen molar-refractivity contribution in [2.24, 2.45) is 0 Å². The molecule has 0 heterocycles. The lowest BCUT2D eigenvalue weighted by molar-refractivity contribution is 0.528. The zero-order valence-electron chi connectivity index (χ0n) is 5.37. The van der Waals surface area contributed by atoms with Crippen molar-refractivity contribution in [2.45, 2.75) is 12.8 Å². The normalized spacial score (nSPS) is 19.9. The highest BCUT2D eigenvalue weighted by atomic mass is 32.2. The van der Waals surface area contributed by atoms with E-state index in [-0.39, 0.29) is 0 Å². The Hall–Kier alpha value is -0.610. The molecule has 0 aromatic rings. The molecule has 0 radical (unpaired) electrons. The number of nitrogens with one attached hydrogen (secondary N) is 1. The fourth-order valence-electron chi connectivity index (χ4n) is 0.795. The van der Waals surface area contributed by atoms with E-state index in [1.807, 2.05) is 12.2 Å². The van der Waals surface area contributed by atoms with Crippen LogP contribution >= 0.6 is 0 Å². The Morgan fingerprint density at radius 3 is 3.00 bits per heavy atom. The first-order valence-electron chi connectivity index (χ1n) is 3.00. The lowest BCUT2D eigenvalue weighted by Gasteiger charge is -2.12. The van der Waals surface area contributed by atoms with E-state index in [1.165, 1.54) is 0 Å². The van der Waals surface area contributed by atoms with Crippen molar-refractivity contribution >= 4 is 11.3 Å². The molecule has 0 saturated carbocycles. The van der Waals surface area contributed by atoms with Crippen LogP contribution in [0.25, 0.3) is 0 Å². The highest BCUT2D eigenvalue weighted by Crippen LogP contribution is 2.07. The SMILES string of the molecule is O=S([O-])NC1=CC=CCC1. The fraction of sp³-hybridized carbons (Fsp3) is 0.333. The molecule has 1 aliphatic carbocycles. The summed E-state index contributed by atoms with van der Waals surface area (Å²) in [6, 6.07) is 0. The van der Waals surface area contributed by atoms with Crippen LogP contribution in [0.15, 0.2) is 23.9 Å². The minimum atomic E-state index is -2.17. The molecule has 0 aromatic heterocycles. The molecule has 4 heteroatoms. The molecule has 0 aliphatic heterocycles. The second-order valence-corrected chi connectivity index (χ2v) is 2.67. The molecule has 10 heavy (non-hydrogen) atoms. The topological polar surface area (TPSA) is 52.2 Å². The van der Waals surface area contributed by atoms with Crippen molar-refractivity contribution in [2.75, 3.05) is 0 Å². The van der Waals surface area contributed by atoms with Crippen LogP contribution in [0.2, 0.25) is 0 Å². The average Bonchev–Trinajstić information content (AvgIpc) is 1.88. The van der Waals surface area contributed by atoms with Crippen LogP contribution in [0, 0.1) is 0 Å². The molecule has 0 aromatic carbocycles. The van der Waals surface area contributed by atoms with Crippen LogP contribution in [0.4, 0.5) is 0 Å². The van der Waals surface area contributed by atoms with E-state index in [0.29, 0.717) is 0 Å². The van der Waals surface area contributed by atoms with Crippen molar-refractivity contribution < 1.29 is 8.76 Å². The van der Waals surface area contributed by atoms with Gasteiger partial charge in [0.1, 0.15) is 0 Å². The van der Waals surface area contributed by atoms with Crippen LogP contribution < -0.4 is 4.72 Å². The Bertz CT molecular complexity index is 198. The van der Waals surface area contributed by atoms with Gasteiger partial charge in [-0.05, 0) is 18.9 Å². The van der Waals surface area contributed by atoms with Gasteiger partial charge in [-0.25, -0.2) is 0 Å². The summed E-state index contributed by atoms with van der Waals surface area (Å²) in [7, 11) is 0. The summed E-state index contributed by atoms with van der Waals surface area (Å²) in [5.41, 5.74) is 0.760. The molecular weight excluding hydrogens is 150 g/mol. The highest BCUT2D eigenvalue weighted by Gasteiger charge is 1.96. The van der Waals surface area contributed by atoms with Gasteiger partial charge in [0.15, 0.2) is 0 Å². The van der Waals surface area contributed by atoms with Crippen molar-refractivity contribution in [3.8, 4) is 0 Å². The van der Waals surface area contributed by atoms with Gasteiger partial charge in [0.25, 0.3) is 0 Å². The third-order valence-corrected chi connectivity index (χ3v) is 1.66. The van der Waals surface area contributed by atoms with Crippen molar-refractivity contribution in [3.05, 3.63) is 23.9 Å². The summed E-state index contributed by atoms with van der Waals surface area (Å²) in [6.07, 6.45) is 7.30. The predicted octanol–water partition coefficient (Wildman–Crippen LogP) is 0.604. The van der Waals surface area contributed by atoms with Gasteiger partial charge >= 0.3 is 0 Å². The molecule has 3 nitrogen and oxygen atoms in total. The third kappa shape index (κ3) is 2.33. The van der Waals surface area contributed by atoms with Gasteiger partial charge in [0, 0.05) is 17.0 Å². The van der Waals surface area contributed by atoms with Gasteiger partial charge in [0.05, 0.1) is 0 Å². The lowest BCUT2D eigenvalue weighted by atomic mass is 10.1. The molecule has 56 valence electrons. The van der Waals surface area contributed by atoms with Gasteiger partial charge in [-0.1, -0.05) is 12.2 Å². The van der Waals surface area contributed by atoms with E-state index in [1.54, 1.807) is 6.08 Å². The van der Waals surface area contributed by atoms with E-state index in [4.69, 9.17) is 0 Å². The van der Waals surface area contributed by atoms with E-state index >= 15 is 0 Å². The van der Waals surface area contributed by atoms with Crippen LogP contribution in [-0.2, 0) is 11.3 Å². The summed E-state index contributed by atoms with van der Waals surface area (Å²) in [6.45, 7) is 0. The van der Waals surface area contributed by atoms with Gasteiger partial charge < -0.3 is 9.27 Å². The number of hydrogen-bond donors (Lipinski definition) is 1. The summed E-state index contributed by atoms with van der Waals surface area (Å²) in [4.78, 5) is 0. The van der Waals surface area contributed by atoms with Crippen molar-refractivity contribution in [3.63, 3.8) is 0 Å². The van der Waals surface area contributed by atoms with E-state index in [9.17, 15) is 8.76 Å². The summed E-state index contributed by atoms with van der Waals surface area (Å²) in [5.74, 6) is 0. The van der Waals surface area contributed by atoms with Crippen molar-refractivity contribution in [1.82, 2.24) is 4.72 Å². The largest absolute Gasteiger partial charge is 0.755 e. The van der Waals surface area contributed by atoms with Crippen LogP contribution in [0.1, 0.15) is 12.8 Å². The molecule has 0 amide bonds. The predicted molar refractivity (Wildman–Crippen MR) is 38.5 cm³/mol. The standard InChI is InChI=1S/C6H9NO2S/c8-10(9)7-6-4-2-1-3-5-6/h1-2,4,7H,3,5H2,(H,8,9)/p-1. The molecule has 1 atom stereocenters. The first-order chi connectivity index (χ1) is 4.79. The smallest absolute Gasteiger partial charge is 0.0445 e. The molecule has 1 aliphatic rings. The monoisotopic (exact) mass is 158 g/mol. The van der Waals surface area contributed by atoms with E-state index < -0.39 is 11.3 Å². The second kappa shape index (κ2) is 3.53. The number of rotatable bonds is 2. The van der Waals surface area contributed by atoms with E-state index in [2.05, 4.69) is 4.72 Å². The molecule has 0 bridgehead atoms. The fourth-order valence-corrected chi connectivity index (χ4v) is 1.18. The van der Waals surface area contributed by atoms with Gasteiger partial charge in [-0.3, -0.25) is 4.21 Å². The summed E-state index contributed by atoms with van der Waals surface area (Å²) >= 11 is -2.17. The second-order valence-electron chi connectivity index (χ2n) is 2.00. The number of hydrogen-bond acceptors (Lipinski definition) is 2. The minimum Gasteiger partial charge on any atom is -0.755 e. The molecule has 0 fully saturated rings. The Morgan fingerprint density at radius 2 is 2.50 bits per heavy atom. The maximum Gasteiger partial charge on any atom is 0.0445 e. The Kier molecular flexibility index (Phi) is 2.65. The number of allylic oxidation sites excluding steroid dienone is 4. The van der Waals surface area contributed by atoms with Crippen LogP contribution in [-0.4, -0.2) is 8.76 Å². The van der Waals surface area contributed by atoms with Crippen molar-refractivity contribution in [1.29, 1.82) is 0 Å². The van der Waals surface area contributed by atoms with E-state index in [0.717, 1.165) is 18.5 Å². The lowest BCUT2D eigenvalue weighted by Crippen LogP contribution is -2.16. The zero-order chi connectivity index (χ0) is 7.40. The Balaban J connectivity index is 2.47. The Morgan fingerprint density at radius 1 is 1.70 bits per heavy atom. The molecular formula is C6H8NO2S-. The molecule has 1 N–H and O–H groups in total. The first-order valence-corrected chi connectivity index (χ1v) is 4.08. The van der Waals surface area contributed by atoms with Crippen LogP contribution in [0.5, 0.6) is 0 Å². The van der Waals surface area contributed by atoms with Gasteiger partial charge in [-0.2, -0.15) is 0 Å². The Labute approximate surface area is 62.2 Å². The maximum absolute atomic E-state index is 10.1. The average molecular weight is 158 g/mol. The quantitative estimate of drug-likeness (QED) is 0.598. The van der Waals surface area contributed by atoms with Gasteiger partial charge in [-0.15, -0.1) is 0 Å². The van der Waals surface area contributed by atoms with Crippen LogP contribution in [0.3, 0.4) is 0 Å². The molecule has 0 saturated heterocycles. The molecule has 1 unspecified atom stereocenters. The van der Waals surface area contributed by atoms with Gasteiger partial charge in [0.2, 0.25) is 0 Å². The highest BCUT2D eigenvalue weighted by molar-refractivity contribution is 7.77. The zero-order valence-corrected chi connectivity index (χ0v) is 6.19.